The number of amides is 1. The van der Waals surface area contributed by atoms with Gasteiger partial charge >= 0.3 is 0 Å². The molecule has 2 N–H and O–H groups in total. The van der Waals surface area contributed by atoms with Crippen molar-refractivity contribution in [3.05, 3.63) is 76.5 Å². The van der Waals surface area contributed by atoms with Crippen molar-refractivity contribution in [1.29, 1.82) is 5.26 Å². The summed E-state index contributed by atoms with van der Waals surface area (Å²) < 4.78 is 0. The number of aryl methyl sites for hydroxylation is 1. The first-order chi connectivity index (χ1) is 11.6. The van der Waals surface area contributed by atoms with Gasteiger partial charge in [-0.3, -0.25) is 4.79 Å². The second kappa shape index (κ2) is 8.76. The van der Waals surface area contributed by atoms with Crippen LogP contribution in [0.2, 0.25) is 5.02 Å². The molecule has 0 bridgehead atoms. The normalized spacial score (nSPS) is 10.8. The number of carbonyl (C=O) groups excluding carboxylic acids is 1. The van der Waals surface area contributed by atoms with E-state index in [1.54, 1.807) is 6.07 Å². The van der Waals surface area contributed by atoms with Gasteiger partial charge in [-0.2, -0.15) is 5.26 Å². The summed E-state index contributed by atoms with van der Waals surface area (Å²) in [6.45, 7) is 2.54. The van der Waals surface area contributed by atoms with Crippen LogP contribution in [0.3, 0.4) is 0 Å². The van der Waals surface area contributed by atoms with Gasteiger partial charge in [0.15, 0.2) is 0 Å². The monoisotopic (exact) mass is 339 g/mol. The molecule has 0 saturated heterocycles. The Morgan fingerprint density at radius 3 is 2.75 bits per heavy atom. The largest absolute Gasteiger partial charge is 0.389 e. The predicted molar refractivity (Wildman–Crippen MR) is 96.7 cm³/mol. The van der Waals surface area contributed by atoms with E-state index in [0.717, 1.165) is 17.5 Å². The number of nitrogens with one attached hydrogen (secondary N) is 2. The highest BCUT2D eigenvalue weighted by Crippen LogP contribution is 2.11. The van der Waals surface area contributed by atoms with Crippen molar-refractivity contribution in [3.8, 4) is 6.07 Å². The molecule has 0 unspecified atom stereocenters. The van der Waals surface area contributed by atoms with Gasteiger partial charge in [-0.05, 0) is 48.7 Å². The highest BCUT2D eigenvalue weighted by Gasteiger charge is 2.09. The first kappa shape index (κ1) is 17.6. The third-order valence-electron chi connectivity index (χ3n) is 3.33. The Labute approximate surface area is 146 Å². The van der Waals surface area contributed by atoms with E-state index in [9.17, 15) is 4.79 Å². The zero-order valence-corrected chi connectivity index (χ0v) is 14.1. The second-order valence-corrected chi connectivity index (χ2v) is 5.76. The van der Waals surface area contributed by atoms with E-state index in [1.807, 2.05) is 55.5 Å². The molecule has 0 heterocycles. The number of benzene rings is 2. The fraction of sp³-hybridized carbons (Fsp3) is 0.158. The Bertz CT molecular complexity index is 793. The summed E-state index contributed by atoms with van der Waals surface area (Å²) in [7, 11) is 0. The van der Waals surface area contributed by atoms with Crippen LogP contribution in [0.15, 0.2) is 60.3 Å². The van der Waals surface area contributed by atoms with Crippen LogP contribution in [-0.4, -0.2) is 12.5 Å². The molecule has 0 radical (unpaired) electrons. The van der Waals surface area contributed by atoms with E-state index >= 15 is 0 Å². The van der Waals surface area contributed by atoms with Crippen LogP contribution in [0, 0.1) is 18.3 Å². The average molecular weight is 340 g/mol. The molecule has 0 spiro atoms. The maximum absolute atomic E-state index is 12.1. The van der Waals surface area contributed by atoms with Crippen LogP contribution in [0.4, 0.5) is 5.69 Å². The molecule has 0 saturated carbocycles. The molecule has 0 atom stereocenters. The van der Waals surface area contributed by atoms with E-state index in [4.69, 9.17) is 16.9 Å². The molecular weight excluding hydrogens is 322 g/mol. The molecule has 4 nitrogen and oxygen atoms in total. The van der Waals surface area contributed by atoms with Crippen molar-refractivity contribution in [2.45, 2.75) is 13.3 Å². The van der Waals surface area contributed by atoms with E-state index in [1.165, 1.54) is 6.20 Å². The molecular formula is C19H18ClN3O. The second-order valence-electron chi connectivity index (χ2n) is 5.33. The van der Waals surface area contributed by atoms with Crippen LogP contribution >= 0.6 is 11.6 Å². The van der Waals surface area contributed by atoms with Gasteiger partial charge in [0.2, 0.25) is 0 Å². The lowest BCUT2D eigenvalue weighted by atomic mass is 10.1. The molecule has 2 rings (SSSR count). The summed E-state index contributed by atoms with van der Waals surface area (Å²) in [6.07, 6.45) is 2.19. The summed E-state index contributed by atoms with van der Waals surface area (Å²) in [6, 6.07) is 16.9. The van der Waals surface area contributed by atoms with Gasteiger partial charge in [0.25, 0.3) is 5.91 Å². The molecule has 0 aromatic heterocycles. The molecule has 122 valence electrons. The number of anilines is 1. The Balaban J connectivity index is 1.89. The minimum atomic E-state index is -0.432. The van der Waals surface area contributed by atoms with E-state index in [0.29, 0.717) is 17.3 Å². The maximum Gasteiger partial charge on any atom is 0.267 e. The van der Waals surface area contributed by atoms with Crippen molar-refractivity contribution in [3.63, 3.8) is 0 Å². The fourth-order valence-corrected chi connectivity index (χ4v) is 2.37. The lowest BCUT2D eigenvalue weighted by Crippen LogP contribution is -2.18. The number of nitriles is 1. The number of hydrogen-bond donors (Lipinski definition) is 2. The zero-order valence-electron chi connectivity index (χ0n) is 13.3. The van der Waals surface area contributed by atoms with Gasteiger partial charge in [0.05, 0.1) is 0 Å². The quantitative estimate of drug-likeness (QED) is 0.477. The predicted octanol–water partition coefficient (Wildman–Crippen LogP) is 3.83. The number of carbonyl (C=O) groups is 1. The van der Waals surface area contributed by atoms with Gasteiger partial charge < -0.3 is 10.6 Å². The van der Waals surface area contributed by atoms with Crippen molar-refractivity contribution in [2.24, 2.45) is 0 Å². The highest BCUT2D eigenvalue weighted by atomic mass is 35.5. The summed E-state index contributed by atoms with van der Waals surface area (Å²) in [5.74, 6) is -0.432. The Hall–Kier alpha value is -2.77. The summed E-state index contributed by atoms with van der Waals surface area (Å²) >= 11 is 5.93. The van der Waals surface area contributed by atoms with Crippen molar-refractivity contribution in [1.82, 2.24) is 5.32 Å². The van der Waals surface area contributed by atoms with Gasteiger partial charge in [-0.1, -0.05) is 35.9 Å². The van der Waals surface area contributed by atoms with Crippen LogP contribution in [0.1, 0.15) is 11.1 Å². The van der Waals surface area contributed by atoms with Gasteiger partial charge in [0, 0.05) is 23.5 Å². The lowest BCUT2D eigenvalue weighted by molar-refractivity contribution is -0.112. The third-order valence-corrected chi connectivity index (χ3v) is 3.57. The molecule has 0 aliphatic rings. The third kappa shape index (κ3) is 5.45. The average Bonchev–Trinajstić information content (AvgIpc) is 2.55. The molecule has 0 fully saturated rings. The zero-order chi connectivity index (χ0) is 17.4. The Morgan fingerprint density at radius 2 is 2.04 bits per heavy atom. The number of halogens is 1. The fourth-order valence-electron chi connectivity index (χ4n) is 2.15. The SMILES string of the molecule is Cc1cccc(NC(=O)/C(C#N)=C\NCCc2cccc(Cl)c2)c1. The minimum absolute atomic E-state index is 0.0302. The topological polar surface area (TPSA) is 64.9 Å². The van der Waals surface area contributed by atoms with E-state index < -0.39 is 5.91 Å². The van der Waals surface area contributed by atoms with Crippen molar-refractivity contribution >= 4 is 23.2 Å². The minimum Gasteiger partial charge on any atom is -0.389 e. The Morgan fingerprint density at radius 1 is 1.25 bits per heavy atom. The van der Waals surface area contributed by atoms with E-state index in [2.05, 4.69) is 10.6 Å². The molecule has 24 heavy (non-hydrogen) atoms. The molecule has 2 aromatic carbocycles. The molecule has 1 amide bonds. The lowest BCUT2D eigenvalue weighted by Gasteiger charge is -2.06. The van der Waals surface area contributed by atoms with Crippen molar-refractivity contribution in [2.75, 3.05) is 11.9 Å². The van der Waals surface area contributed by atoms with Crippen LogP contribution in [0.25, 0.3) is 0 Å². The number of nitrogens with zero attached hydrogens (tertiary/aromatic N) is 1. The maximum atomic E-state index is 12.1. The molecule has 0 aliphatic heterocycles. The molecule has 0 aliphatic carbocycles. The summed E-state index contributed by atoms with van der Waals surface area (Å²) in [5.41, 5.74) is 2.82. The number of hydrogen-bond acceptors (Lipinski definition) is 3. The number of rotatable bonds is 6. The smallest absolute Gasteiger partial charge is 0.267 e. The molecule has 2 aromatic rings. The van der Waals surface area contributed by atoms with Gasteiger partial charge in [0.1, 0.15) is 11.6 Å². The van der Waals surface area contributed by atoms with E-state index in [-0.39, 0.29) is 5.57 Å². The van der Waals surface area contributed by atoms with Gasteiger partial charge in [-0.25, -0.2) is 0 Å². The summed E-state index contributed by atoms with van der Waals surface area (Å²) in [4.78, 5) is 12.1. The highest BCUT2D eigenvalue weighted by molar-refractivity contribution is 6.30. The van der Waals surface area contributed by atoms with Gasteiger partial charge in [-0.15, -0.1) is 0 Å². The Kier molecular flexibility index (Phi) is 6.41. The van der Waals surface area contributed by atoms with Crippen LogP contribution < -0.4 is 10.6 Å². The first-order valence-corrected chi connectivity index (χ1v) is 7.92. The summed E-state index contributed by atoms with van der Waals surface area (Å²) in [5, 5.41) is 15.5. The standard InChI is InChI=1S/C19H18ClN3O/c1-14-4-2-7-18(10-14)23-19(24)16(12-21)13-22-9-8-15-5-3-6-17(20)11-15/h2-7,10-11,13,22H,8-9H2,1H3,(H,23,24)/b16-13-. The van der Waals surface area contributed by atoms with Crippen LogP contribution in [0.5, 0.6) is 0 Å². The first-order valence-electron chi connectivity index (χ1n) is 7.54. The van der Waals surface area contributed by atoms with Crippen LogP contribution in [-0.2, 0) is 11.2 Å². The molecule has 5 heteroatoms. The van der Waals surface area contributed by atoms with Crippen molar-refractivity contribution < 1.29 is 4.79 Å².